The first-order valence-electron chi connectivity index (χ1n) is 7.90. The first kappa shape index (κ1) is 14.6. The molecule has 0 aliphatic carbocycles. The highest BCUT2D eigenvalue weighted by Gasteiger charge is 2.19. The number of anilines is 2. The van der Waals surface area contributed by atoms with Gasteiger partial charge in [0.1, 0.15) is 0 Å². The molecule has 1 atom stereocenters. The number of fused-ring (bicyclic) bond motifs is 1. The maximum Gasteiger partial charge on any atom is 0.182 e. The largest absolute Gasteiger partial charge is 0.382 e. The van der Waals surface area contributed by atoms with Crippen LogP contribution in [-0.4, -0.2) is 24.9 Å². The van der Waals surface area contributed by atoms with Gasteiger partial charge in [-0.2, -0.15) is 0 Å². The van der Waals surface area contributed by atoms with Crippen LogP contribution in [0.3, 0.4) is 0 Å². The molecule has 3 rings (SSSR count). The predicted molar refractivity (Wildman–Crippen MR) is 91.9 cm³/mol. The molecule has 0 radical (unpaired) electrons. The second kappa shape index (κ2) is 6.22. The monoisotopic (exact) mass is 294 g/mol. The van der Waals surface area contributed by atoms with Crippen LogP contribution in [0.2, 0.25) is 0 Å². The van der Waals surface area contributed by atoms with Crippen LogP contribution in [0.5, 0.6) is 0 Å². The lowest BCUT2D eigenvalue weighted by Crippen LogP contribution is -2.29. The summed E-state index contributed by atoms with van der Waals surface area (Å²) in [4.78, 5) is 14.7. The van der Waals surface area contributed by atoms with E-state index in [1.807, 2.05) is 48.5 Å². The van der Waals surface area contributed by atoms with Gasteiger partial charge in [-0.15, -0.1) is 0 Å². The molecule has 1 aliphatic heterocycles. The van der Waals surface area contributed by atoms with Crippen molar-refractivity contribution in [2.45, 2.75) is 26.3 Å². The Labute approximate surface area is 132 Å². The van der Waals surface area contributed by atoms with E-state index in [0.717, 1.165) is 24.2 Å². The number of Topliss-reactive ketones (excluding diaryl/α,β-unsaturated/α-hetero) is 1. The fourth-order valence-corrected chi connectivity index (χ4v) is 3.01. The van der Waals surface area contributed by atoms with Crippen LogP contribution in [-0.2, 0) is 6.42 Å². The molecule has 0 saturated carbocycles. The third-order valence-corrected chi connectivity index (χ3v) is 4.19. The molecule has 114 valence electrons. The van der Waals surface area contributed by atoms with Crippen molar-refractivity contribution in [3.8, 4) is 0 Å². The Bertz CT molecular complexity index is 666. The molecular formula is C19H22N2O. The maximum absolute atomic E-state index is 12.6. The van der Waals surface area contributed by atoms with E-state index in [1.165, 1.54) is 11.3 Å². The van der Waals surface area contributed by atoms with E-state index in [9.17, 15) is 4.79 Å². The highest BCUT2D eigenvalue weighted by atomic mass is 16.1. The highest BCUT2D eigenvalue weighted by molar-refractivity contribution is 6.00. The molecule has 1 unspecified atom stereocenters. The van der Waals surface area contributed by atoms with Crippen LogP contribution >= 0.6 is 0 Å². The Hall–Kier alpha value is -2.29. The summed E-state index contributed by atoms with van der Waals surface area (Å²) in [6.45, 7) is 5.48. The molecule has 2 aromatic carbocycles. The van der Waals surface area contributed by atoms with Crippen molar-refractivity contribution in [3.05, 3.63) is 59.7 Å². The third kappa shape index (κ3) is 2.98. The molecule has 1 N–H and O–H groups in total. The predicted octanol–water partition coefficient (Wildman–Crippen LogP) is 3.75. The van der Waals surface area contributed by atoms with E-state index in [4.69, 9.17) is 0 Å². The lowest BCUT2D eigenvalue weighted by Gasteiger charge is -2.22. The average molecular weight is 294 g/mol. The Morgan fingerprint density at radius 1 is 1.23 bits per heavy atom. The molecule has 3 nitrogen and oxygen atoms in total. The first-order valence-corrected chi connectivity index (χ1v) is 7.90. The van der Waals surface area contributed by atoms with Gasteiger partial charge < -0.3 is 10.2 Å². The number of carbonyl (C=O) groups is 1. The number of hydrogen-bond donors (Lipinski definition) is 1. The van der Waals surface area contributed by atoms with Crippen molar-refractivity contribution >= 4 is 17.2 Å². The second-order valence-electron chi connectivity index (χ2n) is 5.89. The topological polar surface area (TPSA) is 32.3 Å². The van der Waals surface area contributed by atoms with Gasteiger partial charge in [-0.3, -0.25) is 4.79 Å². The van der Waals surface area contributed by atoms with Gasteiger partial charge in [0.25, 0.3) is 0 Å². The Morgan fingerprint density at radius 3 is 2.73 bits per heavy atom. The molecule has 0 spiro atoms. The highest BCUT2D eigenvalue weighted by Crippen LogP contribution is 2.27. The SMILES string of the molecule is CCN(CC(=O)c1ccc2c(c1)CC(C)N2)c1ccccc1. The lowest BCUT2D eigenvalue weighted by atomic mass is 10.0. The molecule has 0 bridgehead atoms. The van der Waals surface area contributed by atoms with E-state index in [0.29, 0.717) is 12.6 Å². The number of likely N-dealkylation sites (N-methyl/N-ethyl adjacent to an activating group) is 1. The van der Waals surface area contributed by atoms with Crippen LogP contribution in [0.1, 0.15) is 29.8 Å². The normalized spacial score (nSPS) is 16.0. The van der Waals surface area contributed by atoms with Crippen molar-refractivity contribution < 1.29 is 4.79 Å². The van der Waals surface area contributed by atoms with Gasteiger partial charge in [0.05, 0.1) is 6.54 Å². The van der Waals surface area contributed by atoms with Crippen molar-refractivity contribution in [1.29, 1.82) is 0 Å². The summed E-state index contributed by atoms with van der Waals surface area (Å²) in [6.07, 6.45) is 0.993. The van der Waals surface area contributed by atoms with Crippen LogP contribution < -0.4 is 10.2 Å². The zero-order chi connectivity index (χ0) is 15.5. The van der Waals surface area contributed by atoms with Gasteiger partial charge in [-0.25, -0.2) is 0 Å². The molecular weight excluding hydrogens is 272 g/mol. The minimum atomic E-state index is 0.174. The van der Waals surface area contributed by atoms with E-state index in [1.54, 1.807) is 0 Å². The van der Waals surface area contributed by atoms with Crippen LogP contribution in [0, 0.1) is 0 Å². The second-order valence-corrected chi connectivity index (χ2v) is 5.89. The Morgan fingerprint density at radius 2 is 2.00 bits per heavy atom. The zero-order valence-corrected chi connectivity index (χ0v) is 13.2. The van der Waals surface area contributed by atoms with Gasteiger partial charge in [-0.05, 0) is 56.2 Å². The molecule has 0 amide bonds. The fraction of sp³-hybridized carbons (Fsp3) is 0.316. The number of nitrogens with zero attached hydrogens (tertiary/aromatic N) is 1. The molecule has 2 aromatic rings. The van der Waals surface area contributed by atoms with E-state index in [2.05, 4.69) is 24.1 Å². The molecule has 1 aliphatic rings. The number of hydrogen-bond acceptors (Lipinski definition) is 3. The number of carbonyl (C=O) groups excluding carboxylic acids is 1. The van der Waals surface area contributed by atoms with Crippen molar-refractivity contribution in [1.82, 2.24) is 0 Å². The minimum Gasteiger partial charge on any atom is -0.382 e. The molecule has 0 fully saturated rings. The average Bonchev–Trinajstić information content (AvgIpc) is 2.92. The summed E-state index contributed by atoms with van der Waals surface area (Å²) in [7, 11) is 0. The summed E-state index contributed by atoms with van der Waals surface area (Å²) in [5.41, 5.74) is 4.32. The van der Waals surface area contributed by atoms with Gasteiger partial charge in [-0.1, -0.05) is 18.2 Å². The maximum atomic E-state index is 12.6. The first-order chi connectivity index (χ1) is 10.7. The summed E-state index contributed by atoms with van der Waals surface area (Å²) in [5.74, 6) is 0.174. The zero-order valence-electron chi connectivity index (χ0n) is 13.2. The number of rotatable bonds is 5. The molecule has 3 heteroatoms. The molecule has 0 aromatic heterocycles. The van der Waals surface area contributed by atoms with Crippen molar-refractivity contribution in [3.63, 3.8) is 0 Å². The van der Waals surface area contributed by atoms with Crippen LogP contribution in [0.4, 0.5) is 11.4 Å². The quantitative estimate of drug-likeness (QED) is 0.852. The third-order valence-electron chi connectivity index (χ3n) is 4.19. The van der Waals surface area contributed by atoms with Gasteiger partial charge in [0.15, 0.2) is 5.78 Å². The summed E-state index contributed by atoms with van der Waals surface area (Å²) in [5, 5.41) is 3.42. The summed E-state index contributed by atoms with van der Waals surface area (Å²) in [6, 6.07) is 16.6. The van der Waals surface area contributed by atoms with Crippen LogP contribution in [0.25, 0.3) is 0 Å². The fourth-order valence-electron chi connectivity index (χ4n) is 3.01. The summed E-state index contributed by atoms with van der Waals surface area (Å²) < 4.78 is 0. The van der Waals surface area contributed by atoms with Gasteiger partial charge >= 0.3 is 0 Å². The Kier molecular flexibility index (Phi) is 4.14. The van der Waals surface area contributed by atoms with Crippen molar-refractivity contribution in [2.75, 3.05) is 23.3 Å². The molecule has 0 saturated heterocycles. The van der Waals surface area contributed by atoms with Gasteiger partial charge in [0, 0.05) is 29.5 Å². The molecule has 22 heavy (non-hydrogen) atoms. The minimum absolute atomic E-state index is 0.174. The standard InChI is InChI=1S/C19H22N2O/c1-3-21(17-7-5-4-6-8-17)13-19(22)15-9-10-18-16(12-15)11-14(2)20-18/h4-10,12,14,20H,3,11,13H2,1-2H3. The lowest BCUT2D eigenvalue weighted by molar-refractivity contribution is 0.0999. The number of benzene rings is 2. The number of para-hydroxylation sites is 1. The molecule has 1 heterocycles. The van der Waals surface area contributed by atoms with Gasteiger partial charge in [0.2, 0.25) is 0 Å². The Balaban J connectivity index is 1.76. The number of nitrogens with one attached hydrogen (secondary N) is 1. The number of ketones is 1. The van der Waals surface area contributed by atoms with E-state index < -0.39 is 0 Å². The smallest absolute Gasteiger partial charge is 0.182 e. The van der Waals surface area contributed by atoms with E-state index >= 15 is 0 Å². The van der Waals surface area contributed by atoms with Crippen molar-refractivity contribution in [2.24, 2.45) is 0 Å². The van der Waals surface area contributed by atoms with Crippen LogP contribution in [0.15, 0.2) is 48.5 Å². The summed E-state index contributed by atoms with van der Waals surface area (Å²) >= 11 is 0. The van der Waals surface area contributed by atoms with E-state index in [-0.39, 0.29) is 5.78 Å².